The minimum absolute atomic E-state index is 0.159. The standard InChI is InChI=1S/C17H15Cl3N6O3/c1-9-15(26(28)29)6-21-25(9)10(2)17(27)22-16-14(20)8-24(23-16)7-11-3-4-12(18)13(19)5-11/h3-6,8,10H,7H2,1-2H3,(H,22,23,27). The third kappa shape index (κ3) is 4.52. The van der Waals surface area contributed by atoms with Crippen LogP contribution in [-0.4, -0.2) is 30.4 Å². The summed E-state index contributed by atoms with van der Waals surface area (Å²) < 4.78 is 2.82. The zero-order chi connectivity index (χ0) is 21.3. The Morgan fingerprint density at radius 2 is 2.00 bits per heavy atom. The lowest BCUT2D eigenvalue weighted by molar-refractivity contribution is -0.385. The number of halogens is 3. The number of hydrogen-bond acceptors (Lipinski definition) is 5. The van der Waals surface area contributed by atoms with Gasteiger partial charge in [-0.15, -0.1) is 0 Å². The van der Waals surface area contributed by atoms with Crippen molar-refractivity contribution >= 4 is 52.2 Å². The molecule has 29 heavy (non-hydrogen) atoms. The van der Waals surface area contributed by atoms with E-state index in [0.29, 0.717) is 16.6 Å². The molecule has 152 valence electrons. The Hall–Kier alpha value is -2.62. The van der Waals surface area contributed by atoms with Gasteiger partial charge in [0.15, 0.2) is 5.82 Å². The number of benzene rings is 1. The Morgan fingerprint density at radius 1 is 1.28 bits per heavy atom. The first-order valence-corrected chi connectivity index (χ1v) is 9.47. The Morgan fingerprint density at radius 3 is 2.62 bits per heavy atom. The second-order valence-corrected chi connectivity index (χ2v) is 7.48. The zero-order valence-corrected chi connectivity index (χ0v) is 17.5. The van der Waals surface area contributed by atoms with E-state index in [9.17, 15) is 14.9 Å². The minimum Gasteiger partial charge on any atom is -0.306 e. The highest BCUT2D eigenvalue weighted by Crippen LogP contribution is 2.25. The molecule has 0 saturated carbocycles. The van der Waals surface area contributed by atoms with Crippen LogP contribution in [-0.2, 0) is 11.3 Å². The molecule has 3 rings (SSSR count). The van der Waals surface area contributed by atoms with E-state index >= 15 is 0 Å². The van der Waals surface area contributed by atoms with Crippen LogP contribution in [0.2, 0.25) is 15.1 Å². The molecule has 0 bridgehead atoms. The van der Waals surface area contributed by atoms with Crippen molar-refractivity contribution < 1.29 is 9.72 Å². The van der Waals surface area contributed by atoms with Gasteiger partial charge in [-0.1, -0.05) is 40.9 Å². The van der Waals surface area contributed by atoms with Crippen molar-refractivity contribution in [3.05, 3.63) is 67.0 Å². The first kappa shape index (κ1) is 21.1. The molecule has 2 heterocycles. The first-order chi connectivity index (χ1) is 13.7. The molecule has 12 heteroatoms. The van der Waals surface area contributed by atoms with Gasteiger partial charge >= 0.3 is 5.69 Å². The van der Waals surface area contributed by atoms with Crippen molar-refractivity contribution in [2.24, 2.45) is 0 Å². The number of anilines is 1. The predicted molar refractivity (Wildman–Crippen MR) is 110 cm³/mol. The lowest BCUT2D eigenvalue weighted by Crippen LogP contribution is -2.25. The lowest BCUT2D eigenvalue weighted by Gasteiger charge is -2.13. The van der Waals surface area contributed by atoms with Crippen LogP contribution in [0.25, 0.3) is 0 Å². The van der Waals surface area contributed by atoms with Crippen LogP contribution in [0, 0.1) is 17.0 Å². The van der Waals surface area contributed by atoms with Crippen LogP contribution < -0.4 is 5.32 Å². The number of hydrogen-bond donors (Lipinski definition) is 1. The van der Waals surface area contributed by atoms with E-state index in [0.717, 1.165) is 11.8 Å². The van der Waals surface area contributed by atoms with Crippen LogP contribution in [0.5, 0.6) is 0 Å². The summed E-state index contributed by atoms with van der Waals surface area (Å²) in [5.74, 6) is -0.296. The molecule has 0 saturated heterocycles. The van der Waals surface area contributed by atoms with Gasteiger partial charge in [0.2, 0.25) is 5.91 Å². The molecule has 0 aliphatic carbocycles. The third-order valence-corrected chi connectivity index (χ3v) is 5.26. The van der Waals surface area contributed by atoms with Gasteiger partial charge in [-0.2, -0.15) is 10.2 Å². The van der Waals surface area contributed by atoms with Crippen molar-refractivity contribution in [3.8, 4) is 0 Å². The Labute approximate surface area is 180 Å². The van der Waals surface area contributed by atoms with Gasteiger partial charge in [0.1, 0.15) is 23.0 Å². The summed E-state index contributed by atoms with van der Waals surface area (Å²) in [6.07, 6.45) is 2.67. The molecule has 0 aliphatic rings. The smallest absolute Gasteiger partial charge is 0.306 e. The zero-order valence-electron chi connectivity index (χ0n) is 15.3. The molecule has 1 N–H and O–H groups in total. The molecule has 0 fully saturated rings. The van der Waals surface area contributed by atoms with Crippen molar-refractivity contribution in [2.75, 3.05) is 5.32 Å². The molecule has 1 atom stereocenters. The Balaban J connectivity index is 1.74. The molecule has 1 amide bonds. The summed E-state index contributed by atoms with van der Waals surface area (Å²) in [4.78, 5) is 23.0. The third-order valence-electron chi connectivity index (χ3n) is 4.25. The van der Waals surface area contributed by atoms with E-state index in [2.05, 4.69) is 15.5 Å². The van der Waals surface area contributed by atoms with E-state index < -0.39 is 16.9 Å². The molecule has 3 aromatic rings. The van der Waals surface area contributed by atoms with Crippen LogP contribution in [0.3, 0.4) is 0 Å². The highest BCUT2D eigenvalue weighted by molar-refractivity contribution is 6.42. The fourth-order valence-corrected chi connectivity index (χ4v) is 3.22. The van der Waals surface area contributed by atoms with Crippen molar-refractivity contribution in [2.45, 2.75) is 26.4 Å². The molecular formula is C17H15Cl3N6O3. The molecule has 9 nitrogen and oxygen atoms in total. The van der Waals surface area contributed by atoms with Gasteiger partial charge in [-0.25, -0.2) is 0 Å². The van der Waals surface area contributed by atoms with Crippen LogP contribution in [0.1, 0.15) is 24.2 Å². The van der Waals surface area contributed by atoms with E-state index in [1.54, 1.807) is 36.0 Å². The fourth-order valence-electron chi connectivity index (χ4n) is 2.70. The van der Waals surface area contributed by atoms with Gasteiger partial charge in [-0.3, -0.25) is 24.3 Å². The summed E-state index contributed by atoms with van der Waals surface area (Å²) in [6.45, 7) is 3.46. The number of nitro groups is 1. The minimum atomic E-state index is -0.806. The molecular weight excluding hydrogens is 443 g/mol. The average Bonchev–Trinajstić information content (AvgIpc) is 3.20. The van der Waals surface area contributed by atoms with Crippen molar-refractivity contribution in [1.82, 2.24) is 19.6 Å². The average molecular weight is 458 g/mol. The fraction of sp³-hybridized carbons (Fsp3) is 0.235. The van der Waals surface area contributed by atoms with E-state index in [1.807, 2.05) is 0 Å². The van der Waals surface area contributed by atoms with E-state index in [1.165, 1.54) is 11.6 Å². The summed E-state index contributed by atoms with van der Waals surface area (Å²) in [7, 11) is 0. The topological polar surface area (TPSA) is 108 Å². The summed E-state index contributed by atoms with van der Waals surface area (Å²) in [5.41, 5.74) is 0.965. The maximum Gasteiger partial charge on any atom is 0.309 e. The number of nitrogens with one attached hydrogen (secondary N) is 1. The Bertz CT molecular complexity index is 1090. The number of aromatic nitrogens is 4. The summed E-state index contributed by atoms with van der Waals surface area (Å²) in [6, 6.07) is 4.39. The van der Waals surface area contributed by atoms with Crippen molar-refractivity contribution in [3.63, 3.8) is 0 Å². The normalized spacial score (nSPS) is 12.0. The van der Waals surface area contributed by atoms with Gasteiger partial charge in [0.25, 0.3) is 0 Å². The van der Waals surface area contributed by atoms with Gasteiger partial charge in [-0.05, 0) is 31.5 Å². The van der Waals surface area contributed by atoms with Crippen LogP contribution >= 0.6 is 34.8 Å². The van der Waals surface area contributed by atoms with Crippen LogP contribution in [0.15, 0.2) is 30.6 Å². The van der Waals surface area contributed by atoms with E-state index in [-0.39, 0.29) is 22.2 Å². The molecule has 1 aromatic carbocycles. The maximum absolute atomic E-state index is 12.6. The second kappa shape index (κ2) is 8.40. The number of rotatable bonds is 6. The van der Waals surface area contributed by atoms with Gasteiger partial charge in [0.05, 0.1) is 21.5 Å². The molecule has 0 spiro atoms. The highest BCUT2D eigenvalue weighted by Gasteiger charge is 2.24. The van der Waals surface area contributed by atoms with E-state index in [4.69, 9.17) is 34.8 Å². The molecule has 2 aromatic heterocycles. The predicted octanol–water partition coefficient (Wildman–Crippen LogP) is 4.50. The number of carbonyl (C=O) groups excluding carboxylic acids is 1. The quantitative estimate of drug-likeness (QED) is 0.433. The largest absolute Gasteiger partial charge is 0.309 e. The maximum atomic E-state index is 12.6. The van der Waals surface area contributed by atoms with Gasteiger partial charge < -0.3 is 5.32 Å². The summed E-state index contributed by atoms with van der Waals surface area (Å²) >= 11 is 18.1. The monoisotopic (exact) mass is 456 g/mol. The molecule has 0 aliphatic heterocycles. The Kier molecular flexibility index (Phi) is 6.11. The molecule has 0 radical (unpaired) electrons. The highest BCUT2D eigenvalue weighted by atomic mass is 35.5. The molecule has 1 unspecified atom stereocenters. The number of carbonyl (C=O) groups is 1. The first-order valence-electron chi connectivity index (χ1n) is 8.33. The number of amides is 1. The van der Waals surface area contributed by atoms with Crippen molar-refractivity contribution in [1.29, 1.82) is 0 Å². The summed E-state index contributed by atoms with van der Waals surface area (Å²) in [5, 5.41) is 22.9. The number of nitrogens with zero attached hydrogens (tertiary/aromatic N) is 5. The SMILES string of the molecule is Cc1c([N+](=O)[O-])cnn1C(C)C(=O)Nc1nn(Cc2ccc(Cl)c(Cl)c2)cc1Cl. The van der Waals surface area contributed by atoms with Gasteiger partial charge in [0, 0.05) is 6.20 Å². The van der Waals surface area contributed by atoms with Crippen LogP contribution in [0.4, 0.5) is 11.5 Å². The second-order valence-electron chi connectivity index (χ2n) is 6.25. The lowest BCUT2D eigenvalue weighted by atomic mass is 10.2.